The highest BCUT2D eigenvalue weighted by Gasteiger charge is 2.36. The van der Waals surface area contributed by atoms with Gasteiger partial charge < -0.3 is 19.1 Å². The van der Waals surface area contributed by atoms with Crippen LogP contribution in [0, 0.1) is 0 Å². The molecule has 2 aliphatic rings. The van der Waals surface area contributed by atoms with E-state index in [0.29, 0.717) is 0 Å². The Morgan fingerprint density at radius 1 is 0.720 bits per heavy atom. The van der Waals surface area contributed by atoms with Crippen LogP contribution in [0.1, 0.15) is 92.9 Å². The van der Waals surface area contributed by atoms with Gasteiger partial charge in [0.05, 0.1) is 21.3 Å². The molecule has 3 aromatic carbocycles. The molecule has 8 nitrogen and oxygen atoms in total. The van der Waals surface area contributed by atoms with E-state index >= 15 is 0 Å². The van der Waals surface area contributed by atoms with E-state index in [0.717, 1.165) is 101 Å². The van der Waals surface area contributed by atoms with E-state index in [1.54, 1.807) is 21.3 Å². The number of ether oxygens (including phenoxy) is 3. The van der Waals surface area contributed by atoms with Crippen LogP contribution < -0.4 is 14.2 Å². The van der Waals surface area contributed by atoms with Crippen LogP contribution in [-0.2, 0) is 23.1 Å². The molecule has 274 valence electrons. The van der Waals surface area contributed by atoms with Gasteiger partial charge in [0.15, 0.2) is 11.5 Å². The van der Waals surface area contributed by atoms with Gasteiger partial charge in [0.25, 0.3) is 0 Å². The molecule has 9 heteroatoms. The number of likely N-dealkylation sites (N-methyl/N-ethyl adjacent to an activating group) is 1. The van der Waals surface area contributed by atoms with Crippen molar-refractivity contribution in [1.29, 1.82) is 0 Å². The Hall–Kier alpha value is -3.37. The first-order valence-corrected chi connectivity index (χ1v) is 19.7. The van der Waals surface area contributed by atoms with E-state index in [2.05, 4.69) is 72.6 Å². The van der Waals surface area contributed by atoms with E-state index in [4.69, 9.17) is 14.2 Å². The van der Waals surface area contributed by atoms with Crippen molar-refractivity contribution in [1.82, 2.24) is 9.21 Å². The summed E-state index contributed by atoms with van der Waals surface area (Å²) in [6.07, 6.45) is 17.8. The van der Waals surface area contributed by atoms with Crippen LogP contribution in [0.15, 0.2) is 66.7 Å². The molecule has 0 aliphatic heterocycles. The second-order valence-corrected chi connectivity index (χ2v) is 14.9. The number of rotatable bonds is 15. The quantitative estimate of drug-likeness (QED) is 0.125. The largest absolute Gasteiger partial charge is 0.497 e. The molecular formula is C41H58N2O6S. The zero-order valence-electron chi connectivity index (χ0n) is 30.6. The normalized spacial score (nSPS) is 16.0. The van der Waals surface area contributed by atoms with Crippen molar-refractivity contribution < 1.29 is 27.2 Å². The summed E-state index contributed by atoms with van der Waals surface area (Å²) < 4.78 is 50.4. The van der Waals surface area contributed by atoms with E-state index in [1.165, 1.54) is 39.4 Å². The summed E-state index contributed by atoms with van der Waals surface area (Å²) in [6.45, 7) is 2.03. The summed E-state index contributed by atoms with van der Waals surface area (Å²) in [5.74, 6) is 2.46. The van der Waals surface area contributed by atoms with Crippen LogP contribution in [0.25, 0.3) is 12.2 Å². The van der Waals surface area contributed by atoms with Gasteiger partial charge in [0.1, 0.15) is 5.75 Å². The average Bonchev–Trinajstić information content (AvgIpc) is 3.14. The molecule has 0 amide bonds. The fourth-order valence-corrected chi connectivity index (χ4v) is 8.37. The van der Waals surface area contributed by atoms with Gasteiger partial charge in [-0.25, -0.2) is 0 Å². The monoisotopic (exact) mass is 706 g/mol. The first-order chi connectivity index (χ1) is 24.2. The van der Waals surface area contributed by atoms with Crippen molar-refractivity contribution >= 4 is 22.5 Å². The molecule has 0 radical (unpaired) electrons. The Kier molecular flexibility index (Phi) is 16.1. The van der Waals surface area contributed by atoms with Crippen LogP contribution in [0.5, 0.6) is 17.2 Å². The molecule has 2 fully saturated rings. The predicted octanol–water partition coefficient (Wildman–Crippen LogP) is 8.75. The van der Waals surface area contributed by atoms with Crippen molar-refractivity contribution in [3.63, 3.8) is 0 Å². The number of methoxy groups -OCH3 is 3. The molecule has 5 rings (SSSR count). The molecule has 0 bridgehead atoms. The van der Waals surface area contributed by atoms with E-state index < -0.39 is 10.3 Å². The molecular weight excluding hydrogens is 649 g/mol. The molecule has 0 spiro atoms. The Morgan fingerprint density at radius 2 is 1.36 bits per heavy atom. The number of nitrogens with zero attached hydrogens (tertiary/aromatic N) is 2. The molecule has 0 atom stereocenters. The van der Waals surface area contributed by atoms with Gasteiger partial charge in [-0.05, 0) is 105 Å². The van der Waals surface area contributed by atoms with Crippen LogP contribution >= 0.6 is 0 Å². The average molecular weight is 707 g/mol. The van der Waals surface area contributed by atoms with Gasteiger partial charge in [0, 0.05) is 18.6 Å². The SMILES string of the molecule is COc1ccc(C=Cc2ccccc2)c(CCCN(C)CCc2ccc(OC)c(OC)c2)c1.O=S(=O)(O)N(C1CCCCC1)C1CCCCC1. The van der Waals surface area contributed by atoms with Gasteiger partial charge in [-0.2, -0.15) is 12.7 Å². The van der Waals surface area contributed by atoms with Gasteiger partial charge in [-0.15, -0.1) is 0 Å². The first-order valence-electron chi connectivity index (χ1n) is 18.3. The summed E-state index contributed by atoms with van der Waals surface area (Å²) in [4.78, 5) is 2.39. The molecule has 3 aromatic rings. The third-order valence-corrected chi connectivity index (χ3v) is 11.1. The van der Waals surface area contributed by atoms with Crippen molar-refractivity contribution in [3.05, 3.63) is 89.0 Å². The zero-order chi connectivity index (χ0) is 35.8. The smallest absolute Gasteiger partial charge is 0.336 e. The minimum Gasteiger partial charge on any atom is -0.497 e. The maximum atomic E-state index is 11.6. The van der Waals surface area contributed by atoms with Gasteiger partial charge in [-0.3, -0.25) is 4.55 Å². The molecule has 2 saturated carbocycles. The number of benzene rings is 3. The first kappa shape index (κ1) is 39.4. The fourth-order valence-electron chi connectivity index (χ4n) is 7.19. The lowest BCUT2D eigenvalue weighted by Crippen LogP contribution is -2.48. The number of aryl methyl sites for hydroxylation is 1. The molecule has 0 heterocycles. The maximum Gasteiger partial charge on any atom is 0.336 e. The topological polar surface area (TPSA) is 88.5 Å². The summed E-state index contributed by atoms with van der Waals surface area (Å²) >= 11 is 0. The minimum absolute atomic E-state index is 0.0434. The van der Waals surface area contributed by atoms with Crippen molar-refractivity contribution in [3.8, 4) is 17.2 Å². The second kappa shape index (κ2) is 20.5. The van der Waals surface area contributed by atoms with Crippen molar-refractivity contribution in [2.45, 2.75) is 95.6 Å². The van der Waals surface area contributed by atoms with Crippen LogP contribution in [0.4, 0.5) is 0 Å². The molecule has 0 unspecified atom stereocenters. The lowest BCUT2D eigenvalue weighted by atomic mass is 9.91. The lowest BCUT2D eigenvalue weighted by molar-refractivity contribution is 0.156. The van der Waals surface area contributed by atoms with E-state index in [9.17, 15) is 13.0 Å². The summed E-state index contributed by atoms with van der Waals surface area (Å²) in [7, 11) is 3.21. The standard InChI is InChI=1S/C29H35NO3.C12H23NO3S/c1-30(20-18-24-13-17-28(32-3)29(21-24)33-4)19-8-11-26-22-27(31-2)16-15-25(26)14-12-23-9-6-5-7-10-23;14-17(15,16)13(11-7-3-1-4-8-11)12-9-5-2-6-10-12/h5-7,9-10,12-17,21-22H,8,11,18-20H2,1-4H3;11-12H,1-10H2,(H,14,15,16). The number of hydrogen-bond acceptors (Lipinski definition) is 6. The summed E-state index contributed by atoms with van der Waals surface area (Å²) in [5, 5.41) is 0. The fraction of sp³-hybridized carbons (Fsp3) is 0.512. The molecule has 0 saturated heterocycles. The van der Waals surface area contributed by atoms with E-state index in [-0.39, 0.29) is 12.1 Å². The zero-order valence-corrected chi connectivity index (χ0v) is 31.4. The maximum absolute atomic E-state index is 11.6. The minimum atomic E-state index is -4.03. The van der Waals surface area contributed by atoms with Crippen LogP contribution in [0.2, 0.25) is 0 Å². The third kappa shape index (κ3) is 12.4. The summed E-state index contributed by atoms with van der Waals surface area (Å²) in [6, 6.07) is 23.0. The van der Waals surface area contributed by atoms with Gasteiger partial charge in [-0.1, -0.05) is 93.1 Å². The molecule has 2 aliphatic carbocycles. The van der Waals surface area contributed by atoms with E-state index in [1.807, 2.05) is 18.2 Å². The highest BCUT2D eigenvalue weighted by atomic mass is 32.2. The molecule has 1 N–H and O–H groups in total. The van der Waals surface area contributed by atoms with Crippen molar-refractivity contribution in [2.75, 3.05) is 41.5 Å². The molecule has 50 heavy (non-hydrogen) atoms. The second-order valence-electron chi connectivity index (χ2n) is 13.5. The van der Waals surface area contributed by atoms with Crippen molar-refractivity contribution in [2.24, 2.45) is 0 Å². The lowest BCUT2D eigenvalue weighted by Gasteiger charge is -2.38. The Morgan fingerprint density at radius 3 is 1.94 bits per heavy atom. The highest BCUT2D eigenvalue weighted by Crippen LogP contribution is 2.32. The Labute approximate surface area is 301 Å². The predicted molar refractivity (Wildman–Crippen MR) is 205 cm³/mol. The van der Waals surface area contributed by atoms with Gasteiger partial charge in [0.2, 0.25) is 0 Å². The van der Waals surface area contributed by atoms with Crippen LogP contribution in [-0.4, -0.2) is 75.7 Å². The Bertz CT molecular complexity index is 1550. The highest BCUT2D eigenvalue weighted by molar-refractivity contribution is 7.83. The number of hydrogen-bond donors (Lipinski definition) is 1. The third-order valence-electron chi connectivity index (χ3n) is 9.96. The van der Waals surface area contributed by atoms with Gasteiger partial charge >= 0.3 is 10.3 Å². The molecule has 0 aromatic heterocycles. The van der Waals surface area contributed by atoms with Crippen LogP contribution in [0.3, 0.4) is 0 Å². The Balaban J connectivity index is 0.000000276. The summed E-state index contributed by atoms with van der Waals surface area (Å²) in [5.41, 5.74) is 5.01.